The van der Waals surface area contributed by atoms with Crippen molar-refractivity contribution in [3.8, 4) is 6.07 Å². The van der Waals surface area contributed by atoms with Crippen LogP contribution in [-0.4, -0.2) is 12.2 Å². The van der Waals surface area contributed by atoms with E-state index in [4.69, 9.17) is 9.57 Å². The van der Waals surface area contributed by atoms with E-state index in [0.29, 0.717) is 6.07 Å². The number of carbonyl (C=O) groups is 1. The summed E-state index contributed by atoms with van der Waals surface area (Å²) in [5, 5.41) is 13.3. The Bertz CT molecular complexity index is 1040. The number of esters is 1. The summed E-state index contributed by atoms with van der Waals surface area (Å²) in [6.07, 6.45) is 1.03. The number of ether oxygens (including phenoxy) is 1. The van der Waals surface area contributed by atoms with Gasteiger partial charge >= 0.3 is 5.97 Å². The van der Waals surface area contributed by atoms with Gasteiger partial charge in [0.2, 0.25) is 0 Å². The van der Waals surface area contributed by atoms with Crippen LogP contribution in [0.15, 0.2) is 53.2 Å². The van der Waals surface area contributed by atoms with Gasteiger partial charge in [-0.05, 0) is 38.5 Å². The first kappa shape index (κ1) is 23.7. The molecular formula is C23H21F3N2O3. The number of nitrogens with zero attached hydrogens (tertiary/aromatic N) is 2. The highest BCUT2D eigenvalue weighted by Crippen LogP contribution is 2.29. The van der Waals surface area contributed by atoms with E-state index in [1.807, 2.05) is 30.3 Å². The minimum atomic E-state index is -1.74. The molecule has 0 aliphatic rings. The highest BCUT2D eigenvalue weighted by Gasteiger charge is 2.28. The third-order valence-electron chi connectivity index (χ3n) is 4.01. The summed E-state index contributed by atoms with van der Waals surface area (Å²) >= 11 is 0. The fraction of sp³-hybridized carbons (Fsp3) is 0.261. The number of hydrogen-bond donors (Lipinski definition) is 0. The summed E-state index contributed by atoms with van der Waals surface area (Å²) in [5.74, 6) is -6.00. The first-order valence-electron chi connectivity index (χ1n) is 9.32. The van der Waals surface area contributed by atoms with Gasteiger partial charge in [0, 0.05) is 12.6 Å². The van der Waals surface area contributed by atoms with E-state index >= 15 is 0 Å². The summed E-state index contributed by atoms with van der Waals surface area (Å²) in [4.78, 5) is 17.5. The Morgan fingerprint density at radius 2 is 1.77 bits per heavy atom. The molecule has 5 nitrogen and oxygen atoms in total. The van der Waals surface area contributed by atoms with Crippen molar-refractivity contribution in [2.24, 2.45) is 10.6 Å². The molecule has 0 saturated carbocycles. The average Bonchev–Trinajstić information content (AvgIpc) is 2.73. The van der Waals surface area contributed by atoms with Crippen molar-refractivity contribution < 1.29 is 27.5 Å². The molecule has 0 saturated heterocycles. The van der Waals surface area contributed by atoms with Gasteiger partial charge in [-0.3, -0.25) is 4.79 Å². The van der Waals surface area contributed by atoms with Crippen LogP contribution in [0.5, 0.6) is 0 Å². The molecule has 0 fully saturated rings. The number of nitriles is 1. The third-order valence-corrected chi connectivity index (χ3v) is 4.01. The first-order chi connectivity index (χ1) is 14.6. The highest BCUT2D eigenvalue weighted by atomic mass is 19.2. The maximum Gasteiger partial charge on any atom is 0.316 e. The molecule has 0 aliphatic carbocycles. The molecule has 0 atom stereocenters. The third kappa shape index (κ3) is 6.44. The minimum Gasteiger partial charge on any atom is -0.424 e. The fourth-order valence-electron chi connectivity index (χ4n) is 2.28. The SMILES string of the molecule is CC(C)(C)C(=O)O/C(=C(/C#N)C/C=N/OCc1ccccc1)c1ccc(F)c(F)c1F. The first-order valence-corrected chi connectivity index (χ1v) is 9.32. The Morgan fingerprint density at radius 1 is 1.10 bits per heavy atom. The fourth-order valence-corrected chi connectivity index (χ4v) is 2.28. The molecule has 2 aromatic rings. The van der Waals surface area contributed by atoms with Crippen LogP contribution in [0.2, 0.25) is 0 Å². The van der Waals surface area contributed by atoms with Crippen molar-refractivity contribution in [1.82, 2.24) is 0 Å². The van der Waals surface area contributed by atoms with Crippen molar-refractivity contribution >= 4 is 17.9 Å². The zero-order valence-corrected chi connectivity index (χ0v) is 17.3. The van der Waals surface area contributed by atoms with Crippen molar-refractivity contribution in [2.75, 3.05) is 0 Å². The largest absolute Gasteiger partial charge is 0.424 e. The summed E-state index contributed by atoms with van der Waals surface area (Å²) in [5.41, 5.74) is -0.881. The van der Waals surface area contributed by atoms with Gasteiger partial charge in [-0.1, -0.05) is 35.5 Å². The predicted octanol–water partition coefficient (Wildman–Crippen LogP) is 5.52. The van der Waals surface area contributed by atoms with Gasteiger partial charge in [0.1, 0.15) is 6.61 Å². The van der Waals surface area contributed by atoms with Crippen LogP contribution < -0.4 is 0 Å². The molecule has 0 amide bonds. The van der Waals surface area contributed by atoms with Crippen LogP contribution in [0.25, 0.3) is 5.76 Å². The molecule has 0 bridgehead atoms. The monoisotopic (exact) mass is 430 g/mol. The van der Waals surface area contributed by atoms with E-state index in [0.717, 1.165) is 11.6 Å². The van der Waals surface area contributed by atoms with E-state index in [2.05, 4.69) is 5.16 Å². The minimum absolute atomic E-state index is 0.187. The molecule has 0 spiro atoms. The van der Waals surface area contributed by atoms with Crippen LogP contribution in [0.4, 0.5) is 13.2 Å². The second kappa shape index (κ2) is 10.4. The maximum absolute atomic E-state index is 14.4. The van der Waals surface area contributed by atoms with Gasteiger partial charge in [-0.2, -0.15) is 5.26 Å². The van der Waals surface area contributed by atoms with Crippen molar-refractivity contribution in [1.29, 1.82) is 5.26 Å². The van der Waals surface area contributed by atoms with E-state index in [1.54, 1.807) is 26.8 Å². The smallest absolute Gasteiger partial charge is 0.316 e. The van der Waals surface area contributed by atoms with Gasteiger partial charge < -0.3 is 9.57 Å². The lowest BCUT2D eigenvalue weighted by Gasteiger charge is -2.19. The Morgan fingerprint density at radius 3 is 2.39 bits per heavy atom. The summed E-state index contributed by atoms with van der Waals surface area (Å²) in [6.45, 7) is 4.85. The Labute approximate surface area is 178 Å². The Balaban J connectivity index is 2.32. The number of carbonyl (C=O) groups excluding carboxylic acids is 1. The zero-order chi connectivity index (χ0) is 23.0. The van der Waals surface area contributed by atoms with Gasteiger partial charge in [0.25, 0.3) is 0 Å². The lowest BCUT2D eigenvalue weighted by Crippen LogP contribution is -2.23. The topological polar surface area (TPSA) is 71.7 Å². The standard InChI is InChI=1S/C23H21F3N2O3/c1-23(2,3)22(29)31-21(17-9-10-18(24)20(26)19(17)25)16(13-27)11-12-28-30-14-15-7-5-4-6-8-15/h4-10,12H,11,14H2,1-3H3/b21-16+,28-12+. The number of oxime groups is 1. The summed E-state index contributed by atoms with van der Waals surface area (Å²) in [6, 6.07) is 12.6. The van der Waals surface area contributed by atoms with Crippen molar-refractivity contribution in [2.45, 2.75) is 33.8 Å². The number of rotatable bonds is 7. The van der Waals surface area contributed by atoms with Crippen LogP contribution >= 0.6 is 0 Å². The average molecular weight is 430 g/mol. The molecule has 8 heteroatoms. The molecule has 2 rings (SSSR count). The van der Waals surface area contributed by atoms with E-state index in [1.165, 1.54) is 6.21 Å². The van der Waals surface area contributed by atoms with Crippen molar-refractivity contribution in [3.63, 3.8) is 0 Å². The second-order valence-electron chi connectivity index (χ2n) is 7.53. The maximum atomic E-state index is 14.4. The van der Waals surface area contributed by atoms with Crippen molar-refractivity contribution in [3.05, 3.63) is 76.6 Å². The van der Waals surface area contributed by atoms with E-state index < -0.39 is 40.2 Å². The normalized spacial score (nSPS) is 12.3. The van der Waals surface area contributed by atoms with Crippen LogP contribution in [0, 0.1) is 34.2 Å². The molecule has 0 aliphatic heterocycles. The lowest BCUT2D eigenvalue weighted by molar-refractivity contribution is -0.145. The summed E-state index contributed by atoms with van der Waals surface area (Å²) < 4.78 is 46.7. The zero-order valence-electron chi connectivity index (χ0n) is 17.3. The van der Waals surface area contributed by atoms with E-state index in [-0.39, 0.29) is 18.6 Å². The highest BCUT2D eigenvalue weighted by molar-refractivity contribution is 5.85. The molecule has 162 valence electrons. The number of hydrogen-bond acceptors (Lipinski definition) is 5. The quantitative estimate of drug-likeness (QED) is 0.145. The molecule has 0 radical (unpaired) electrons. The van der Waals surface area contributed by atoms with E-state index in [9.17, 15) is 23.2 Å². The number of halogens is 3. The molecule has 2 aromatic carbocycles. The van der Waals surface area contributed by atoms with Crippen LogP contribution in [0.3, 0.4) is 0 Å². The Hall–Kier alpha value is -3.60. The van der Waals surface area contributed by atoms with Crippen LogP contribution in [-0.2, 0) is 21.0 Å². The molecule has 0 heterocycles. The molecule has 0 N–H and O–H groups in total. The molecular weight excluding hydrogens is 409 g/mol. The molecule has 0 aromatic heterocycles. The van der Waals surface area contributed by atoms with Gasteiger partial charge in [-0.15, -0.1) is 0 Å². The Kier molecular flexibility index (Phi) is 7.97. The summed E-state index contributed by atoms with van der Waals surface area (Å²) in [7, 11) is 0. The second-order valence-corrected chi connectivity index (χ2v) is 7.53. The number of allylic oxidation sites excluding steroid dienone is 1. The van der Waals surface area contributed by atoms with Gasteiger partial charge in [-0.25, -0.2) is 13.2 Å². The predicted molar refractivity (Wildman–Crippen MR) is 109 cm³/mol. The molecule has 0 unspecified atom stereocenters. The van der Waals surface area contributed by atoms with Gasteiger partial charge in [0.15, 0.2) is 23.2 Å². The van der Waals surface area contributed by atoms with Gasteiger partial charge in [0.05, 0.1) is 22.6 Å². The lowest BCUT2D eigenvalue weighted by atomic mass is 9.97. The molecule has 31 heavy (non-hydrogen) atoms. The number of benzene rings is 2. The van der Waals surface area contributed by atoms with Crippen LogP contribution in [0.1, 0.15) is 38.3 Å².